The van der Waals surface area contributed by atoms with Crippen LogP contribution in [-0.4, -0.2) is 0 Å². The second kappa shape index (κ2) is 3.46. The molecule has 0 heterocycles. The third-order valence-corrected chi connectivity index (χ3v) is 2.08. The molecule has 0 radical (unpaired) electrons. The summed E-state index contributed by atoms with van der Waals surface area (Å²) in [6.07, 6.45) is 0. The molecule has 0 fully saturated rings. The van der Waals surface area contributed by atoms with Crippen molar-refractivity contribution in [2.24, 2.45) is 0 Å². The van der Waals surface area contributed by atoms with Gasteiger partial charge in [0.25, 0.3) is 0 Å². The Bertz CT molecular complexity index is 323. The summed E-state index contributed by atoms with van der Waals surface area (Å²) in [4.78, 5) is 0. The highest BCUT2D eigenvalue weighted by atomic mass is 35.5. The number of hydrogen-bond acceptors (Lipinski definition) is 1. The molecule has 1 aromatic carbocycles. The van der Waals surface area contributed by atoms with E-state index in [1.807, 2.05) is 0 Å². The van der Waals surface area contributed by atoms with Crippen LogP contribution in [0, 0.1) is 24.4 Å². The van der Waals surface area contributed by atoms with Gasteiger partial charge in [-0.15, -0.1) is 11.6 Å². The van der Waals surface area contributed by atoms with Gasteiger partial charge in [-0.3, -0.25) is 0 Å². The van der Waals surface area contributed by atoms with Crippen molar-refractivity contribution >= 4 is 17.3 Å². The summed E-state index contributed by atoms with van der Waals surface area (Å²) < 4.78 is 38.9. The van der Waals surface area contributed by atoms with Gasteiger partial charge in [-0.05, 0) is 6.92 Å². The fraction of sp³-hybridized carbons (Fsp3) is 0.250. The lowest BCUT2D eigenvalue weighted by atomic mass is 10.1. The first kappa shape index (κ1) is 10.2. The molecule has 0 amide bonds. The highest BCUT2D eigenvalue weighted by Crippen LogP contribution is 2.27. The number of anilines is 1. The molecule has 0 unspecified atom stereocenters. The number of halogens is 4. The number of nitrogen functional groups attached to an aromatic ring is 1. The lowest BCUT2D eigenvalue weighted by Crippen LogP contribution is -2.06. The number of nitrogens with two attached hydrogens (primary N) is 1. The van der Waals surface area contributed by atoms with Gasteiger partial charge in [-0.25, -0.2) is 13.2 Å². The van der Waals surface area contributed by atoms with Crippen molar-refractivity contribution < 1.29 is 13.2 Å². The maximum absolute atomic E-state index is 13.1. The van der Waals surface area contributed by atoms with Gasteiger partial charge in [-0.1, -0.05) is 0 Å². The van der Waals surface area contributed by atoms with E-state index in [4.69, 9.17) is 17.3 Å². The van der Waals surface area contributed by atoms with Crippen LogP contribution in [0.15, 0.2) is 0 Å². The maximum atomic E-state index is 13.1. The molecule has 0 saturated heterocycles. The highest BCUT2D eigenvalue weighted by molar-refractivity contribution is 6.17. The number of benzene rings is 1. The number of alkyl halides is 1. The van der Waals surface area contributed by atoms with Crippen LogP contribution in [0.25, 0.3) is 0 Å². The molecule has 0 bridgehead atoms. The van der Waals surface area contributed by atoms with Crippen LogP contribution in [0.2, 0.25) is 0 Å². The monoisotopic (exact) mass is 209 g/mol. The van der Waals surface area contributed by atoms with E-state index in [0.717, 1.165) is 6.92 Å². The Labute approximate surface area is 78.3 Å². The Morgan fingerprint density at radius 2 is 1.69 bits per heavy atom. The van der Waals surface area contributed by atoms with Crippen molar-refractivity contribution in [3.63, 3.8) is 0 Å². The quantitative estimate of drug-likeness (QED) is 0.430. The third kappa shape index (κ3) is 1.46. The second-order valence-electron chi connectivity index (χ2n) is 2.59. The summed E-state index contributed by atoms with van der Waals surface area (Å²) in [5, 5.41) is 0. The van der Waals surface area contributed by atoms with Crippen molar-refractivity contribution in [1.29, 1.82) is 0 Å². The smallest absolute Gasteiger partial charge is 0.182 e. The van der Waals surface area contributed by atoms with Gasteiger partial charge in [0.1, 0.15) is 5.82 Å². The normalized spacial score (nSPS) is 10.5. The van der Waals surface area contributed by atoms with Gasteiger partial charge < -0.3 is 5.73 Å². The molecular formula is C8H7ClF3N. The summed E-state index contributed by atoms with van der Waals surface area (Å²) in [5.41, 5.74) is 3.97. The van der Waals surface area contributed by atoms with Gasteiger partial charge in [0.15, 0.2) is 11.6 Å². The van der Waals surface area contributed by atoms with Crippen LogP contribution >= 0.6 is 11.6 Å². The Morgan fingerprint density at radius 1 is 1.15 bits per heavy atom. The van der Waals surface area contributed by atoms with Crippen LogP contribution in [0.4, 0.5) is 18.9 Å². The molecule has 0 saturated carbocycles. The van der Waals surface area contributed by atoms with Crippen molar-refractivity contribution in [3.05, 3.63) is 28.6 Å². The van der Waals surface area contributed by atoms with Crippen LogP contribution in [-0.2, 0) is 5.88 Å². The Kier molecular flexibility index (Phi) is 2.71. The predicted octanol–water partition coefficient (Wildman–Crippen LogP) is 2.73. The van der Waals surface area contributed by atoms with E-state index >= 15 is 0 Å². The molecule has 1 aromatic rings. The fourth-order valence-electron chi connectivity index (χ4n) is 0.987. The molecule has 0 aliphatic heterocycles. The molecule has 0 aliphatic carbocycles. The average Bonchev–Trinajstić information content (AvgIpc) is 2.13. The topological polar surface area (TPSA) is 26.0 Å². The van der Waals surface area contributed by atoms with E-state index in [1.165, 1.54) is 0 Å². The third-order valence-electron chi connectivity index (χ3n) is 1.81. The SMILES string of the molecule is Cc1c(F)c(F)c(N)c(CCl)c1F. The lowest BCUT2D eigenvalue weighted by Gasteiger charge is -2.08. The van der Waals surface area contributed by atoms with E-state index < -0.39 is 28.7 Å². The molecular weight excluding hydrogens is 203 g/mol. The molecule has 1 nitrogen and oxygen atoms in total. The first-order valence-electron chi connectivity index (χ1n) is 3.48. The van der Waals surface area contributed by atoms with Crippen molar-refractivity contribution in [3.8, 4) is 0 Å². The van der Waals surface area contributed by atoms with Gasteiger partial charge in [0, 0.05) is 11.1 Å². The van der Waals surface area contributed by atoms with E-state index in [2.05, 4.69) is 0 Å². The van der Waals surface area contributed by atoms with Crippen molar-refractivity contribution in [2.75, 3.05) is 5.73 Å². The number of rotatable bonds is 1. The molecule has 0 spiro atoms. The van der Waals surface area contributed by atoms with Gasteiger partial charge in [0.2, 0.25) is 0 Å². The van der Waals surface area contributed by atoms with Crippen molar-refractivity contribution in [2.45, 2.75) is 12.8 Å². The Morgan fingerprint density at radius 3 is 2.15 bits per heavy atom. The Balaban J connectivity index is 3.56. The van der Waals surface area contributed by atoms with Crippen LogP contribution in [0.3, 0.4) is 0 Å². The molecule has 0 aliphatic rings. The molecule has 72 valence electrons. The number of hydrogen-bond donors (Lipinski definition) is 1. The molecule has 0 aromatic heterocycles. The zero-order valence-corrected chi connectivity index (χ0v) is 7.55. The van der Waals surface area contributed by atoms with Crippen LogP contribution in [0.5, 0.6) is 0 Å². The van der Waals surface area contributed by atoms with Gasteiger partial charge in [0.05, 0.1) is 11.6 Å². The minimum Gasteiger partial charge on any atom is -0.396 e. The summed E-state index contributed by atoms with van der Waals surface area (Å²) >= 11 is 5.32. The first-order valence-corrected chi connectivity index (χ1v) is 4.01. The summed E-state index contributed by atoms with van der Waals surface area (Å²) in [6.45, 7) is 1.13. The standard InChI is InChI=1S/C8H7ClF3N/c1-3-5(10)4(2-9)8(13)7(12)6(3)11/h2,13H2,1H3. The minimum absolute atomic E-state index is 0.196. The highest BCUT2D eigenvalue weighted by Gasteiger charge is 2.19. The summed E-state index contributed by atoms with van der Waals surface area (Å²) in [6, 6.07) is 0. The fourth-order valence-corrected chi connectivity index (χ4v) is 1.25. The average molecular weight is 210 g/mol. The van der Waals surface area contributed by atoms with Gasteiger partial charge >= 0.3 is 0 Å². The zero-order valence-electron chi connectivity index (χ0n) is 6.80. The summed E-state index contributed by atoms with van der Waals surface area (Å²) in [7, 11) is 0. The van der Waals surface area contributed by atoms with E-state index in [1.54, 1.807) is 0 Å². The minimum atomic E-state index is -1.26. The lowest BCUT2D eigenvalue weighted by molar-refractivity contribution is 0.486. The van der Waals surface area contributed by atoms with E-state index in [-0.39, 0.29) is 11.4 Å². The molecule has 13 heavy (non-hydrogen) atoms. The van der Waals surface area contributed by atoms with Crippen molar-refractivity contribution in [1.82, 2.24) is 0 Å². The van der Waals surface area contributed by atoms with Crippen LogP contribution in [0.1, 0.15) is 11.1 Å². The zero-order chi connectivity index (χ0) is 10.2. The molecule has 1 rings (SSSR count). The second-order valence-corrected chi connectivity index (χ2v) is 2.86. The Hall–Kier alpha value is -0.900. The first-order chi connectivity index (χ1) is 6.00. The molecule has 5 heteroatoms. The van der Waals surface area contributed by atoms with Gasteiger partial charge in [-0.2, -0.15) is 0 Å². The van der Waals surface area contributed by atoms with E-state index in [0.29, 0.717) is 0 Å². The maximum Gasteiger partial charge on any atom is 0.182 e. The molecule has 0 atom stereocenters. The van der Waals surface area contributed by atoms with E-state index in [9.17, 15) is 13.2 Å². The summed E-state index contributed by atoms with van der Waals surface area (Å²) in [5.74, 6) is -3.67. The predicted molar refractivity (Wildman–Crippen MR) is 45.0 cm³/mol. The van der Waals surface area contributed by atoms with Crippen LogP contribution < -0.4 is 5.73 Å². The largest absolute Gasteiger partial charge is 0.396 e. The molecule has 2 N–H and O–H groups in total.